The molecule has 1 saturated heterocycles. The fraction of sp³-hybridized carbons (Fsp3) is 0.400. The average Bonchev–Trinajstić information content (AvgIpc) is 3.09. The SMILES string of the molecule is CCc1cccc(NC(=O)C2CCCN(c3ncnc4onc(C)c34)C2)c1. The van der Waals surface area contributed by atoms with Gasteiger partial charge in [0, 0.05) is 18.8 Å². The molecule has 0 bridgehead atoms. The minimum Gasteiger partial charge on any atom is -0.355 e. The highest BCUT2D eigenvalue weighted by molar-refractivity contribution is 5.94. The third-order valence-electron chi connectivity index (χ3n) is 5.12. The van der Waals surface area contributed by atoms with Crippen molar-refractivity contribution in [3.05, 3.63) is 41.9 Å². The topological polar surface area (TPSA) is 84.2 Å². The molecule has 1 aliphatic heterocycles. The van der Waals surface area contributed by atoms with Gasteiger partial charge in [-0.25, -0.2) is 4.98 Å². The second kappa shape index (κ2) is 7.34. The third-order valence-corrected chi connectivity index (χ3v) is 5.12. The van der Waals surface area contributed by atoms with E-state index in [4.69, 9.17) is 4.52 Å². The van der Waals surface area contributed by atoms with E-state index in [1.54, 1.807) is 0 Å². The molecule has 1 aromatic carbocycles. The Hall–Kier alpha value is -2.96. The van der Waals surface area contributed by atoms with Crippen LogP contribution in [-0.2, 0) is 11.2 Å². The maximum absolute atomic E-state index is 12.8. The number of nitrogens with one attached hydrogen (secondary N) is 1. The first kappa shape index (κ1) is 17.5. The molecular weight excluding hydrogens is 342 g/mol. The van der Waals surface area contributed by atoms with Gasteiger partial charge in [0.05, 0.1) is 11.6 Å². The minimum atomic E-state index is -0.0887. The standard InChI is InChI=1S/C20H23N5O2/c1-3-14-6-4-8-16(10-14)23-19(26)15-7-5-9-25(11-15)18-17-13(2)24-27-20(17)22-12-21-18/h4,6,8,10,12,15H,3,5,7,9,11H2,1-2H3,(H,23,26). The second-order valence-corrected chi connectivity index (χ2v) is 6.97. The van der Waals surface area contributed by atoms with Crippen molar-refractivity contribution in [2.75, 3.05) is 23.3 Å². The van der Waals surface area contributed by atoms with E-state index in [0.29, 0.717) is 12.3 Å². The van der Waals surface area contributed by atoms with Gasteiger partial charge in [-0.05, 0) is 43.9 Å². The van der Waals surface area contributed by atoms with E-state index in [1.165, 1.54) is 11.9 Å². The van der Waals surface area contributed by atoms with Crippen molar-refractivity contribution < 1.29 is 9.32 Å². The van der Waals surface area contributed by atoms with Crippen molar-refractivity contribution in [1.82, 2.24) is 15.1 Å². The molecule has 27 heavy (non-hydrogen) atoms. The summed E-state index contributed by atoms with van der Waals surface area (Å²) in [6.45, 7) is 5.46. The van der Waals surface area contributed by atoms with Crippen LogP contribution in [0, 0.1) is 12.8 Å². The number of anilines is 2. The molecule has 0 aliphatic carbocycles. The number of aromatic nitrogens is 3. The summed E-state index contributed by atoms with van der Waals surface area (Å²) in [4.78, 5) is 23.6. The zero-order valence-electron chi connectivity index (χ0n) is 15.6. The van der Waals surface area contributed by atoms with Crippen LogP contribution in [0.1, 0.15) is 31.0 Å². The Balaban J connectivity index is 1.52. The molecule has 2 aromatic heterocycles. The van der Waals surface area contributed by atoms with E-state index in [9.17, 15) is 4.79 Å². The summed E-state index contributed by atoms with van der Waals surface area (Å²) < 4.78 is 5.25. The smallest absolute Gasteiger partial charge is 0.263 e. The van der Waals surface area contributed by atoms with Crippen molar-refractivity contribution in [3.63, 3.8) is 0 Å². The van der Waals surface area contributed by atoms with Crippen LogP contribution >= 0.6 is 0 Å². The zero-order chi connectivity index (χ0) is 18.8. The highest BCUT2D eigenvalue weighted by atomic mass is 16.5. The molecule has 1 amide bonds. The van der Waals surface area contributed by atoms with Crippen LogP contribution < -0.4 is 10.2 Å². The number of carbonyl (C=O) groups excluding carboxylic acids is 1. The van der Waals surface area contributed by atoms with Crippen LogP contribution in [0.3, 0.4) is 0 Å². The number of hydrogen-bond acceptors (Lipinski definition) is 6. The summed E-state index contributed by atoms with van der Waals surface area (Å²) in [5.74, 6) is 0.763. The molecule has 0 saturated carbocycles. The van der Waals surface area contributed by atoms with E-state index in [1.807, 2.05) is 25.1 Å². The number of aryl methyl sites for hydroxylation is 2. The number of rotatable bonds is 4. The Labute approximate surface area is 157 Å². The monoisotopic (exact) mass is 365 g/mol. The first-order valence-electron chi connectivity index (χ1n) is 9.37. The molecule has 1 aliphatic rings. The predicted octanol–water partition coefficient (Wildman–Crippen LogP) is 3.34. The van der Waals surface area contributed by atoms with Crippen molar-refractivity contribution >= 4 is 28.5 Å². The van der Waals surface area contributed by atoms with Gasteiger partial charge in [0.2, 0.25) is 5.91 Å². The normalized spacial score (nSPS) is 17.3. The maximum atomic E-state index is 12.8. The van der Waals surface area contributed by atoms with Gasteiger partial charge in [-0.3, -0.25) is 4.79 Å². The van der Waals surface area contributed by atoms with Crippen LogP contribution in [0.15, 0.2) is 35.1 Å². The highest BCUT2D eigenvalue weighted by Gasteiger charge is 2.28. The third kappa shape index (κ3) is 3.49. The summed E-state index contributed by atoms with van der Waals surface area (Å²) >= 11 is 0. The maximum Gasteiger partial charge on any atom is 0.263 e. The summed E-state index contributed by atoms with van der Waals surface area (Å²) in [5, 5.41) is 7.89. The number of hydrogen-bond donors (Lipinski definition) is 1. The van der Waals surface area contributed by atoms with E-state index in [2.05, 4.69) is 38.3 Å². The van der Waals surface area contributed by atoms with E-state index < -0.39 is 0 Å². The lowest BCUT2D eigenvalue weighted by Crippen LogP contribution is -2.41. The zero-order valence-corrected chi connectivity index (χ0v) is 15.6. The molecule has 140 valence electrons. The Bertz CT molecular complexity index is 968. The van der Waals surface area contributed by atoms with Crippen molar-refractivity contribution in [1.29, 1.82) is 0 Å². The van der Waals surface area contributed by atoms with Gasteiger partial charge in [-0.1, -0.05) is 24.2 Å². The molecule has 1 unspecified atom stereocenters. The fourth-order valence-corrected chi connectivity index (χ4v) is 3.64. The first-order valence-corrected chi connectivity index (χ1v) is 9.37. The molecule has 1 fully saturated rings. The molecule has 3 aromatic rings. The van der Waals surface area contributed by atoms with Crippen molar-refractivity contribution in [2.45, 2.75) is 33.1 Å². The number of carbonyl (C=O) groups is 1. The molecule has 1 N–H and O–H groups in total. The van der Waals surface area contributed by atoms with Crippen LogP contribution in [0.5, 0.6) is 0 Å². The van der Waals surface area contributed by atoms with Crippen LogP contribution in [0.25, 0.3) is 11.1 Å². The molecule has 4 rings (SSSR count). The molecular formula is C20H23N5O2. The molecule has 0 spiro atoms. The van der Waals surface area contributed by atoms with E-state index in [-0.39, 0.29) is 11.8 Å². The van der Waals surface area contributed by atoms with Gasteiger partial charge in [0.25, 0.3) is 5.71 Å². The highest BCUT2D eigenvalue weighted by Crippen LogP contribution is 2.29. The lowest BCUT2D eigenvalue weighted by atomic mass is 9.96. The van der Waals surface area contributed by atoms with Gasteiger partial charge in [-0.15, -0.1) is 0 Å². The van der Waals surface area contributed by atoms with Crippen molar-refractivity contribution in [3.8, 4) is 0 Å². The quantitative estimate of drug-likeness (QED) is 0.763. The summed E-state index contributed by atoms with van der Waals surface area (Å²) in [6.07, 6.45) is 4.24. The largest absolute Gasteiger partial charge is 0.355 e. The molecule has 0 radical (unpaired) electrons. The molecule has 7 heteroatoms. The lowest BCUT2D eigenvalue weighted by Gasteiger charge is -2.33. The Kier molecular flexibility index (Phi) is 4.75. The summed E-state index contributed by atoms with van der Waals surface area (Å²) in [6, 6.07) is 8.02. The van der Waals surface area contributed by atoms with E-state index >= 15 is 0 Å². The fourth-order valence-electron chi connectivity index (χ4n) is 3.64. The van der Waals surface area contributed by atoms with Crippen LogP contribution in [0.2, 0.25) is 0 Å². The van der Waals surface area contributed by atoms with Gasteiger partial charge in [0.15, 0.2) is 0 Å². The van der Waals surface area contributed by atoms with Crippen molar-refractivity contribution in [2.24, 2.45) is 5.92 Å². The number of piperidine rings is 1. The number of nitrogens with zero attached hydrogens (tertiary/aromatic N) is 4. The number of benzene rings is 1. The second-order valence-electron chi connectivity index (χ2n) is 6.97. The van der Waals surface area contributed by atoms with Gasteiger partial charge in [-0.2, -0.15) is 4.98 Å². The van der Waals surface area contributed by atoms with Crippen LogP contribution in [-0.4, -0.2) is 34.1 Å². The average molecular weight is 365 g/mol. The van der Waals surface area contributed by atoms with Gasteiger partial charge in [0.1, 0.15) is 17.5 Å². The number of amides is 1. The molecule has 7 nitrogen and oxygen atoms in total. The predicted molar refractivity (Wildman–Crippen MR) is 104 cm³/mol. The van der Waals surface area contributed by atoms with Crippen LogP contribution in [0.4, 0.5) is 11.5 Å². The lowest BCUT2D eigenvalue weighted by molar-refractivity contribution is -0.120. The number of fused-ring (bicyclic) bond motifs is 1. The summed E-state index contributed by atoms with van der Waals surface area (Å²) in [5.41, 5.74) is 3.32. The van der Waals surface area contributed by atoms with Gasteiger partial charge < -0.3 is 14.7 Å². The molecule has 1 atom stereocenters. The molecule has 3 heterocycles. The first-order chi connectivity index (χ1) is 13.2. The Morgan fingerprint density at radius 3 is 3.11 bits per heavy atom. The van der Waals surface area contributed by atoms with E-state index in [0.717, 1.165) is 48.4 Å². The Morgan fingerprint density at radius 2 is 2.26 bits per heavy atom. The van der Waals surface area contributed by atoms with Gasteiger partial charge >= 0.3 is 0 Å². The Morgan fingerprint density at radius 1 is 1.37 bits per heavy atom. The summed E-state index contributed by atoms with van der Waals surface area (Å²) in [7, 11) is 0. The minimum absolute atomic E-state index is 0.0558.